The van der Waals surface area contributed by atoms with Gasteiger partial charge in [-0.2, -0.15) is 5.10 Å². The van der Waals surface area contributed by atoms with Crippen molar-refractivity contribution < 1.29 is 14.3 Å². The fourth-order valence-electron chi connectivity index (χ4n) is 3.04. The van der Waals surface area contributed by atoms with Crippen LogP contribution in [0.5, 0.6) is 0 Å². The normalized spacial score (nSPS) is 19.2. The third-order valence-electron chi connectivity index (χ3n) is 4.34. The molecule has 2 amide bonds. The number of nitrogens with zero attached hydrogens (tertiary/aromatic N) is 4. The molecule has 146 valence electrons. The number of halogens is 1. The zero-order chi connectivity index (χ0) is 20.3. The van der Waals surface area contributed by atoms with E-state index in [2.05, 4.69) is 27.1 Å². The van der Waals surface area contributed by atoms with Gasteiger partial charge in [-0.3, -0.25) is 9.59 Å². The molecule has 3 rings (SSSR count). The molecule has 3 heterocycles. The maximum atomic E-state index is 12.0. The van der Waals surface area contributed by atoms with Gasteiger partial charge in [-0.15, -0.1) is 5.10 Å². The summed E-state index contributed by atoms with van der Waals surface area (Å²) >= 11 is 6.22. The number of hydrogen-bond donors (Lipinski definition) is 1. The molecular weight excluding hydrogens is 382 g/mol. The van der Waals surface area contributed by atoms with Crippen LogP contribution in [0.1, 0.15) is 28.9 Å². The summed E-state index contributed by atoms with van der Waals surface area (Å²) in [5, 5.41) is 10.7. The largest absolute Gasteiger partial charge is 0.367 e. The van der Waals surface area contributed by atoms with Crippen LogP contribution in [-0.2, 0) is 9.53 Å². The lowest BCUT2D eigenvalue weighted by Gasteiger charge is -2.36. The van der Waals surface area contributed by atoms with E-state index in [9.17, 15) is 9.59 Å². The molecule has 0 aromatic carbocycles. The van der Waals surface area contributed by atoms with Gasteiger partial charge < -0.3 is 15.0 Å². The van der Waals surface area contributed by atoms with Crippen molar-refractivity contribution in [3.63, 3.8) is 0 Å². The average Bonchev–Trinajstić information content (AvgIpc) is 2.71. The average molecular weight is 402 g/mol. The predicted octanol–water partition coefficient (Wildman–Crippen LogP) is 2.03. The number of morpholine rings is 1. The van der Waals surface area contributed by atoms with Crippen LogP contribution in [0.25, 0.3) is 11.4 Å². The smallest absolute Gasteiger partial charge is 0.252 e. The van der Waals surface area contributed by atoms with Gasteiger partial charge in [0.05, 0.1) is 30.1 Å². The number of amides is 2. The summed E-state index contributed by atoms with van der Waals surface area (Å²) in [6.45, 7) is 6.31. The molecule has 28 heavy (non-hydrogen) atoms. The molecule has 2 atom stereocenters. The number of pyridine rings is 1. The van der Waals surface area contributed by atoms with Crippen LogP contribution in [0.4, 0.5) is 0 Å². The van der Waals surface area contributed by atoms with E-state index in [0.717, 1.165) is 5.56 Å². The van der Waals surface area contributed by atoms with Gasteiger partial charge in [0.25, 0.3) is 5.91 Å². The molecule has 9 heteroatoms. The van der Waals surface area contributed by atoms with E-state index in [-0.39, 0.29) is 29.2 Å². The van der Waals surface area contributed by atoms with Crippen LogP contribution in [0.3, 0.4) is 0 Å². The fraction of sp³-hybridized carbons (Fsp3) is 0.316. The lowest BCUT2D eigenvalue weighted by molar-refractivity contribution is -0.139. The van der Waals surface area contributed by atoms with Crippen LogP contribution in [-0.4, -0.2) is 58.1 Å². The van der Waals surface area contributed by atoms with Gasteiger partial charge in [-0.05, 0) is 36.8 Å². The third kappa shape index (κ3) is 4.35. The topological polar surface area (TPSA) is 97.3 Å². The van der Waals surface area contributed by atoms with Crippen molar-refractivity contribution in [2.45, 2.75) is 19.1 Å². The number of nitrogens with one attached hydrogen (secondary N) is 1. The molecular formula is C19H20ClN5O3. The highest BCUT2D eigenvalue weighted by Gasteiger charge is 2.29. The maximum absolute atomic E-state index is 12.0. The Morgan fingerprint density at radius 3 is 2.82 bits per heavy atom. The number of aromatic nitrogens is 3. The van der Waals surface area contributed by atoms with Gasteiger partial charge in [-0.25, -0.2) is 4.98 Å². The zero-order valence-corrected chi connectivity index (χ0v) is 16.3. The Bertz CT molecular complexity index is 920. The van der Waals surface area contributed by atoms with E-state index >= 15 is 0 Å². The Morgan fingerprint density at radius 1 is 1.32 bits per heavy atom. The third-order valence-corrected chi connectivity index (χ3v) is 4.53. The summed E-state index contributed by atoms with van der Waals surface area (Å²) in [4.78, 5) is 29.9. The first kappa shape index (κ1) is 19.9. The Hall–Kier alpha value is -2.84. The zero-order valence-electron chi connectivity index (χ0n) is 15.6. The molecule has 0 bridgehead atoms. The van der Waals surface area contributed by atoms with Crippen molar-refractivity contribution in [1.29, 1.82) is 0 Å². The van der Waals surface area contributed by atoms with Gasteiger partial charge in [-0.1, -0.05) is 18.2 Å². The molecule has 1 aliphatic rings. The molecule has 1 saturated heterocycles. The summed E-state index contributed by atoms with van der Waals surface area (Å²) in [5.74, 6) is -0.425. The summed E-state index contributed by atoms with van der Waals surface area (Å²) in [5.41, 5.74) is 1.99. The van der Waals surface area contributed by atoms with E-state index in [1.165, 1.54) is 19.3 Å². The van der Waals surface area contributed by atoms with Gasteiger partial charge in [0.15, 0.2) is 0 Å². The Balaban J connectivity index is 1.94. The second-order valence-corrected chi connectivity index (χ2v) is 6.79. The van der Waals surface area contributed by atoms with Crippen molar-refractivity contribution in [1.82, 2.24) is 25.4 Å². The van der Waals surface area contributed by atoms with Crippen LogP contribution >= 0.6 is 11.6 Å². The van der Waals surface area contributed by atoms with Crippen molar-refractivity contribution in [3.05, 3.63) is 53.3 Å². The number of ether oxygens (including phenoxy) is 1. The number of carbonyl (C=O) groups is 2. The van der Waals surface area contributed by atoms with Crippen LogP contribution in [0.15, 0.2) is 37.1 Å². The predicted molar refractivity (Wildman–Crippen MR) is 104 cm³/mol. The van der Waals surface area contributed by atoms with Gasteiger partial charge in [0.1, 0.15) is 17.0 Å². The molecule has 8 nitrogen and oxygen atoms in total. The molecule has 0 aliphatic carbocycles. The van der Waals surface area contributed by atoms with E-state index < -0.39 is 0 Å². The maximum Gasteiger partial charge on any atom is 0.252 e. The van der Waals surface area contributed by atoms with E-state index in [4.69, 9.17) is 16.3 Å². The monoisotopic (exact) mass is 401 g/mol. The quantitative estimate of drug-likeness (QED) is 0.621. The second kappa shape index (κ2) is 8.45. The van der Waals surface area contributed by atoms with Gasteiger partial charge >= 0.3 is 0 Å². The molecule has 0 radical (unpaired) electrons. The highest BCUT2D eigenvalue weighted by Crippen LogP contribution is 2.29. The molecule has 1 aliphatic heterocycles. The summed E-state index contributed by atoms with van der Waals surface area (Å²) in [7, 11) is 1.54. The molecule has 1 N–H and O–H groups in total. The molecule has 1 fully saturated rings. The standard InChI is InChI=1S/C19H20ClN5O3/c1-4-18(26)25-9-11(2)28-16(10-25)12-5-14(23-17(20)7-12)15-6-13(8-22-24-15)19(27)21-3/h4-8,11,16H,1,9-10H2,2-3H3,(H,21,27)/t11-,16+/m0/s1. The van der Waals surface area contributed by atoms with Gasteiger partial charge in [0.2, 0.25) is 5.91 Å². The minimum atomic E-state index is -0.373. The minimum Gasteiger partial charge on any atom is -0.367 e. The van der Waals surface area contributed by atoms with E-state index in [0.29, 0.717) is 30.0 Å². The number of hydrogen-bond acceptors (Lipinski definition) is 6. The van der Waals surface area contributed by atoms with Crippen LogP contribution in [0, 0.1) is 0 Å². The van der Waals surface area contributed by atoms with Crippen LogP contribution in [0.2, 0.25) is 5.15 Å². The van der Waals surface area contributed by atoms with Crippen molar-refractivity contribution in [2.75, 3.05) is 20.1 Å². The van der Waals surface area contributed by atoms with Crippen molar-refractivity contribution in [3.8, 4) is 11.4 Å². The SMILES string of the molecule is C=CC(=O)N1C[C@H](C)O[C@@H](c2cc(Cl)nc(-c3cc(C(=O)NC)cnn3)c2)C1. The summed E-state index contributed by atoms with van der Waals surface area (Å²) in [6, 6.07) is 5.06. The lowest BCUT2D eigenvalue weighted by Crippen LogP contribution is -2.45. The first-order valence-corrected chi connectivity index (χ1v) is 9.08. The Kier molecular flexibility index (Phi) is 6.01. The number of rotatable bonds is 4. The Labute approximate surface area is 167 Å². The summed E-state index contributed by atoms with van der Waals surface area (Å²) in [6.07, 6.45) is 2.15. The first-order valence-electron chi connectivity index (χ1n) is 8.70. The van der Waals surface area contributed by atoms with E-state index in [1.54, 1.807) is 23.1 Å². The highest BCUT2D eigenvalue weighted by atomic mass is 35.5. The van der Waals surface area contributed by atoms with Crippen LogP contribution < -0.4 is 5.32 Å². The van der Waals surface area contributed by atoms with E-state index in [1.807, 2.05) is 6.92 Å². The molecule has 2 aromatic rings. The first-order chi connectivity index (χ1) is 13.4. The molecule has 2 aromatic heterocycles. The lowest BCUT2D eigenvalue weighted by atomic mass is 10.1. The molecule has 0 spiro atoms. The van der Waals surface area contributed by atoms with Crippen molar-refractivity contribution >= 4 is 23.4 Å². The second-order valence-electron chi connectivity index (χ2n) is 6.40. The Morgan fingerprint density at radius 2 is 2.11 bits per heavy atom. The number of carbonyl (C=O) groups excluding carboxylic acids is 2. The molecule has 0 unspecified atom stereocenters. The summed E-state index contributed by atoms with van der Waals surface area (Å²) < 4.78 is 6.01. The van der Waals surface area contributed by atoms with Crippen molar-refractivity contribution in [2.24, 2.45) is 0 Å². The molecule has 0 saturated carbocycles. The minimum absolute atomic E-state index is 0.144. The fourth-order valence-corrected chi connectivity index (χ4v) is 3.26. The van der Waals surface area contributed by atoms with Gasteiger partial charge in [0, 0.05) is 13.6 Å². The highest BCUT2D eigenvalue weighted by molar-refractivity contribution is 6.29.